The van der Waals surface area contributed by atoms with Crippen molar-refractivity contribution in [3.05, 3.63) is 70.1 Å². The van der Waals surface area contributed by atoms with E-state index in [0.717, 1.165) is 16.8 Å². The molecule has 5 rings (SSSR count). The van der Waals surface area contributed by atoms with Crippen LogP contribution in [0.3, 0.4) is 0 Å². The minimum atomic E-state index is -1.04. The molecular weight excluding hydrogens is 528 g/mol. The Labute approximate surface area is 228 Å². The van der Waals surface area contributed by atoms with Crippen LogP contribution in [-0.2, 0) is 27.3 Å². The first-order valence-electron chi connectivity index (χ1n) is 12.2. The zero-order valence-corrected chi connectivity index (χ0v) is 22.0. The summed E-state index contributed by atoms with van der Waals surface area (Å²) in [6.07, 6.45) is 1.35. The maximum atomic E-state index is 12.5. The lowest BCUT2D eigenvalue weighted by Gasteiger charge is -2.32. The number of carbonyl (C=O) groups excluding carboxylic acids is 1. The second kappa shape index (κ2) is 10.9. The number of rotatable bonds is 9. The molecule has 3 N–H and O–H groups in total. The Hall–Kier alpha value is -4.16. The quantitative estimate of drug-likeness (QED) is 0.403. The standard InChI is InChI=1S/C26H27ClN6O6/c1-37-21-5-3-4-15(25(21)38-2)24-16-12-14(27)6-7-17(16)33-18(8-9-19(33)26(28)36)20(39-24)10-11-32-30-22(29-31-32)13-23(34)35/h3-7,9,12,18,20,24H,8,10-11,13H2,1-2H3,(H2,28,36)(H,34,35)/t18?,20-,24-/m1/s1. The van der Waals surface area contributed by atoms with Crippen molar-refractivity contribution < 1.29 is 28.9 Å². The largest absolute Gasteiger partial charge is 0.493 e. The molecule has 0 radical (unpaired) electrons. The summed E-state index contributed by atoms with van der Waals surface area (Å²) in [6.45, 7) is 0.298. The van der Waals surface area contributed by atoms with E-state index in [1.165, 1.54) is 4.80 Å². The summed E-state index contributed by atoms with van der Waals surface area (Å²) in [7, 11) is 3.12. The van der Waals surface area contributed by atoms with Gasteiger partial charge in [-0.15, -0.1) is 10.2 Å². The fourth-order valence-electron chi connectivity index (χ4n) is 5.19. The minimum Gasteiger partial charge on any atom is -0.493 e. The number of para-hydroxylation sites is 1. The molecule has 3 atom stereocenters. The van der Waals surface area contributed by atoms with Gasteiger partial charge in [0.25, 0.3) is 5.91 Å². The van der Waals surface area contributed by atoms with E-state index in [4.69, 9.17) is 36.7 Å². The molecule has 13 heteroatoms. The van der Waals surface area contributed by atoms with Crippen molar-refractivity contribution in [2.75, 3.05) is 19.1 Å². The smallest absolute Gasteiger partial charge is 0.311 e. The van der Waals surface area contributed by atoms with Crippen LogP contribution in [0.15, 0.2) is 48.2 Å². The number of aryl methyl sites for hydroxylation is 1. The molecule has 1 aromatic heterocycles. The van der Waals surface area contributed by atoms with Gasteiger partial charge in [-0.1, -0.05) is 29.8 Å². The van der Waals surface area contributed by atoms with Gasteiger partial charge < -0.3 is 30.0 Å². The van der Waals surface area contributed by atoms with E-state index in [9.17, 15) is 9.59 Å². The summed E-state index contributed by atoms with van der Waals surface area (Å²) in [5.41, 5.74) is 8.36. The molecule has 1 amide bonds. The normalized spacial score (nSPS) is 20.0. The number of anilines is 1. The van der Waals surface area contributed by atoms with E-state index in [-0.39, 0.29) is 18.3 Å². The molecule has 12 nitrogen and oxygen atoms in total. The van der Waals surface area contributed by atoms with Crippen molar-refractivity contribution >= 4 is 29.2 Å². The lowest BCUT2D eigenvalue weighted by atomic mass is 9.98. The average molecular weight is 555 g/mol. The Morgan fingerprint density at radius 2 is 2.03 bits per heavy atom. The third-order valence-corrected chi connectivity index (χ3v) is 7.04. The molecule has 3 aromatic rings. The molecule has 3 heterocycles. The number of hydrogen-bond donors (Lipinski definition) is 2. The van der Waals surface area contributed by atoms with E-state index >= 15 is 0 Å². The van der Waals surface area contributed by atoms with Crippen LogP contribution in [0.1, 0.15) is 35.9 Å². The zero-order chi connectivity index (χ0) is 27.7. The highest BCUT2D eigenvalue weighted by atomic mass is 35.5. The SMILES string of the molecule is COc1cccc([C@H]2O[C@H](CCn3nnc(CC(=O)O)n3)C3CC=C(C(N)=O)N3c3ccc(Cl)cc32)c1OC. The number of fused-ring (bicyclic) bond motifs is 3. The van der Waals surface area contributed by atoms with Gasteiger partial charge in [0.2, 0.25) is 0 Å². The number of carbonyl (C=O) groups is 2. The van der Waals surface area contributed by atoms with Crippen molar-refractivity contribution in [2.45, 2.75) is 44.1 Å². The molecular formula is C26H27ClN6O6. The van der Waals surface area contributed by atoms with Crippen LogP contribution in [0.2, 0.25) is 5.02 Å². The summed E-state index contributed by atoms with van der Waals surface area (Å²) in [4.78, 5) is 26.8. The molecule has 204 valence electrons. The molecule has 2 aliphatic heterocycles. The first-order valence-corrected chi connectivity index (χ1v) is 12.6. The summed E-state index contributed by atoms with van der Waals surface area (Å²) >= 11 is 6.47. The van der Waals surface area contributed by atoms with Crippen LogP contribution in [0.25, 0.3) is 0 Å². The number of carboxylic acid groups (broad SMARTS) is 1. The van der Waals surface area contributed by atoms with Gasteiger partial charge in [-0.3, -0.25) is 9.59 Å². The summed E-state index contributed by atoms with van der Waals surface area (Å²) in [6, 6.07) is 10.7. The van der Waals surface area contributed by atoms with Gasteiger partial charge >= 0.3 is 5.97 Å². The van der Waals surface area contributed by atoms with Gasteiger partial charge in [-0.2, -0.15) is 4.80 Å². The molecule has 1 unspecified atom stereocenters. The van der Waals surface area contributed by atoms with Crippen LogP contribution in [0.5, 0.6) is 11.5 Å². The molecule has 0 saturated heterocycles. The monoisotopic (exact) mass is 554 g/mol. The maximum Gasteiger partial charge on any atom is 0.311 e. The van der Waals surface area contributed by atoms with Gasteiger partial charge in [0.05, 0.1) is 32.9 Å². The highest BCUT2D eigenvalue weighted by Gasteiger charge is 2.43. The fraction of sp³-hybridized carbons (Fsp3) is 0.346. The Balaban J connectivity index is 1.58. The number of amides is 1. The van der Waals surface area contributed by atoms with Crippen molar-refractivity contribution in [3.8, 4) is 11.5 Å². The van der Waals surface area contributed by atoms with Gasteiger partial charge in [0, 0.05) is 21.8 Å². The summed E-state index contributed by atoms with van der Waals surface area (Å²) in [5, 5.41) is 21.5. The van der Waals surface area contributed by atoms with Crippen LogP contribution in [0, 0.1) is 0 Å². The van der Waals surface area contributed by atoms with E-state index in [1.54, 1.807) is 26.4 Å². The van der Waals surface area contributed by atoms with E-state index in [1.807, 2.05) is 35.2 Å². The van der Waals surface area contributed by atoms with Gasteiger partial charge in [-0.05, 0) is 42.3 Å². The molecule has 2 aromatic carbocycles. The maximum absolute atomic E-state index is 12.5. The Morgan fingerprint density at radius 3 is 2.74 bits per heavy atom. The molecule has 0 aliphatic carbocycles. The Bertz CT molecular complexity index is 1440. The summed E-state index contributed by atoms with van der Waals surface area (Å²) in [5.74, 6) is -0.422. The predicted molar refractivity (Wildman–Crippen MR) is 140 cm³/mol. The number of primary amides is 1. The number of benzene rings is 2. The van der Waals surface area contributed by atoms with Crippen molar-refractivity contribution in [2.24, 2.45) is 5.73 Å². The number of tetrazole rings is 1. The number of hydrogen-bond acceptors (Lipinski definition) is 9. The number of nitrogens with zero attached hydrogens (tertiary/aromatic N) is 5. The average Bonchev–Trinajstić information content (AvgIpc) is 3.52. The third-order valence-electron chi connectivity index (χ3n) is 6.80. The highest BCUT2D eigenvalue weighted by molar-refractivity contribution is 6.30. The van der Waals surface area contributed by atoms with E-state index < -0.39 is 24.1 Å². The summed E-state index contributed by atoms with van der Waals surface area (Å²) < 4.78 is 18.1. The number of aliphatic carboxylic acids is 1. The zero-order valence-electron chi connectivity index (χ0n) is 21.3. The number of aromatic nitrogens is 4. The van der Waals surface area contributed by atoms with E-state index in [2.05, 4.69) is 15.4 Å². The lowest BCUT2D eigenvalue weighted by Crippen LogP contribution is -2.42. The molecule has 2 aliphatic rings. The second-order valence-corrected chi connectivity index (χ2v) is 9.56. The van der Waals surface area contributed by atoms with Gasteiger partial charge in [-0.25, -0.2) is 0 Å². The fourth-order valence-corrected chi connectivity index (χ4v) is 5.37. The van der Waals surface area contributed by atoms with Crippen LogP contribution in [-0.4, -0.2) is 63.6 Å². The number of methoxy groups -OCH3 is 2. The molecule has 0 spiro atoms. The predicted octanol–water partition coefficient (Wildman–Crippen LogP) is 2.50. The number of nitrogens with two attached hydrogens (primary N) is 1. The minimum absolute atomic E-state index is 0.116. The first-order chi connectivity index (χ1) is 18.8. The Morgan fingerprint density at radius 1 is 1.21 bits per heavy atom. The van der Waals surface area contributed by atoms with Crippen molar-refractivity contribution in [3.63, 3.8) is 0 Å². The van der Waals surface area contributed by atoms with Crippen LogP contribution in [0.4, 0.5) is 5.69 Å². The van der Waals surface area contributed by atoms with E-state index in [0.29, 0.717) is 41.6 Å². The number of carboxylic acids is 1. The topological polar surface area (TPSA) is 155 Å². The molecule has 0 bridgehead atoms. The van der Waals surface area contributed by atoms with Gasteiger partial charge in [0.15, 0.2) is 17.3 Å². The number of halogens is 1. The number of ether oxygens (including phenoxy) is 3. The molecule has 0 fully saturated rings. The first kappa shape index (κ1) is 26.4. The second-order valence-electron chi connectivity index (χ2n) is 9.13. The third kappa shape index (κ3) is 5.12. The lowest BCUT2D eigenvalue weighted by molar-refractivity contribution is -0.136. The molecule has 0 saturated carbocycles. The van der Waals surface area contributed by atoms with Gasteiger partial charge in [0.1, 0.15) is 18.2 Å². The Kier molecular flexibility index (Phi) is 7.40. The highest BCUT2D eigenvalue weighted by Crippen LogP contribution is 2.48. The van der Waals surface area contributed by atoms with Crippen LogP contribution >= 0.6 is 11.6 Å². The van der Waals surface area contributed by atoms with Crippen molar-refractivity contribution in [1.29, 1.82) is 0 Å². The molecule has 39 heavy (non-hydrogen) atoms. The van der Waals surface area contributed by atoms with Crippen LogP contribution < -0.4 is 20.1 Å². The van der Waals surface area contributed by atoms with Crippen molar-refractivity contribution in [1.82, 2.24) is 20.2 Å².